The second-order valence-electron chi connectivity index (χ2n) is 8.38. The molecule has 2 N–H and O–H groups in total. The molecule has 2 aliphatic rings. The zero-order valence-corrected chi connectivity index (χ0v) is 17.0. The van der Waals surface area contributed by atoms with Gasteiger partial charge in [-0.25, -0.2) is 0 Å². The van der Waals surface area contributed by atoms with Crippen LogP contribution in [0.4, 0.5) is 0 Å². The van der Waals surface area contributed by atoms with Gasteiger partial charge in [0.1, 0.15) is 5.75 Å². The van der Waals surface area contributed by atoms with Crippen LogP contribution in [0.5, 0.6) is 5.75 Å². The largest absolute Gasteiger partial charge is 0.494 e. The second-order valence-corrected chi connectivity index (χ2v) is 8.38. The summed E-state index contributed by atoms with van der Waals surface area (Å²) in [7, 11) is 2.14. The van der Waals surface area contributed by atoms with Crippen LogP contribution in [0.25, 0.3) is 0 Å². The molecule has 0 unspecified atom stereocenters. The molecule has 0 saturated carbocycles. The van der Waals surface area contributed by atoms with Crippen molar-refractivity contribution in [3.05, 3.63) is 65.2 Å². The summed E-state index contributed by atoms with van der Waals surface area (Å²) in [5.74, 6) is 0.924. The average Bonchev–Trinajstić information content (AvgIpc) is 2.95. The summed E-state index contributed by atoms with van der Waals surface area (Å²) in [5, 5.41) is 14.9. The van der Waals surface area contributed by atoms with Crippen LogP contribution < -0.4 is 10.1 Å². The molecule has 1 fully saturated rings. The molecule has 0 aromatic heterocycles. The number of aliphatic hydroxyl groups excluding tert-OH is 1. The second kappa shape index (κ2) is 8.24. The average molecular weight is 381 g/mol. The summed E-state index contributed by atoms with van der Waals surface area (Å²) in [6, 6.07) is 16.9. The number of ether oxygens (including phenoxy) is 1. The Morgan fingerprint density at radius 2 is 1.82 bits per heavy atom. The molecule has 4 nitrogen and oxygen atoms in total. The first kappa shape index (κ1) is 19.4. The van der Waals surface area contributed by atoms with Gasteiger partial charge in [-0.15, -0.1) is 0 Å². The molecule has 150 valence electrons. The predicted molar refractivity (Wildman–Crippen MR) is 113 cm³/mol. The van der Waals surface area contributed by atoms with E-state index >= 15 is 0 Å². The number of rotatable bonds is 6. The molecular weight excluding hydrogens is 348 g/mol. The first-order valence-electron chi connectivity index (χ1n) is 10.5. The number of benzene rings is 2. The van der Waals surface area contributed by atoms with Crippen LogP contribution in [0, 0.1) is 6.92 Å². The van der Waals surface area contributed by atoms with Crippen molar-refractivity contribution in [2.45, 2.75) is 43.7 Å². The van der Waals surface area contributed by atoms with Crippen LogP contribution in [0.2, 0.25) is 0 Å². The SMILES string of the molecule is Cc1ccc(OCCCN(C)[C@@H]2c3ccccc3C3(CCNCC3)[C@H]2O)cc1. The van der Waals surface area contributed by atoms with Crippen LogP contribution in [-0.2, 0) is 5.41 Å². The monoisotopic (exact) mass is 380 g/mol. The topological polar surface area (TPSA) is 44.7 Å². The molecule has 1 heterocycles. The molecule has 4 heteroatoms. The molecule has 0 radical (unpaired) electrons. The molecule has 1 saturated heterocycles. The maximum Gasteiger partial charge on any atom is 0.119 e. The summed E-state index contributed by atoms with van der Waals surface area (Å²) in [4.78, 5) is 2.32. The molecule has 0 bridgehead atoms. The summed E-state index contributed by atoms with van der Waals surface area (Å²) in [5.41, 5.74) is 3.81. The van der Waals surface area contributed by atoms with Gasteiger partial charge in [-0.3, -0.25) is 4.90 Å². The molecular formula is C24H32N2O2. The zero-order chi connectivity index (χ0) is 19.6. The quantitative estimate of drug-likeness (QED) is 0.754. The van der Waals surface area contributed by atoms with Crippen molar-refractivity contribution < 1.29 is 9.84 Å². The standard InChI is InChI=1S/C24H32N2O2/c1-18-8-10-19(11-9-18)28-17-5-16-26(2)22-20-6-3-4-7-21(20)24(23(22)27)12-14-25-15-13-24/h3-4,6-11,22-23,25,27H,5,12-17H2,1-2H3/t22-,23+/m1/s1. The van der Waals surface area contributed by atoms with E-state index in [4.69, 9.17) is 4.74 Å². The Morgan fingerprint density at radius 1 is 1.11 bits per heavy atom. The van der Waals surface area contributed by atoms with Gasteiger partial charge in [-0.05, 0) is 69.6 Å². The summed E-state index contributed by atoms with van der Waals surface area (Å²) >= 11 is 0. The molecule has 28 heavy (non-hydrogen) atoms. The number of aryl methyl sites for hydroxylation is 1. The Labute approximate surface area is 168 Å². The maximum atomic E-state index is 11.4. The normalized spacial score (nSPS) is 23.1. The minimum atomic E-state index is -0.352. The molecule has 1 spiro atoms. The van der Waals surface area contributed by atoms with Crippen molar-refractivity contribution in [3.63, 3.8) is 0 Å². The van der Waals surface area contributed by atoms with E-state index < -0.39 is 0 Å². The van der Waals surface area contributed by atoms with Gasteiger partial charge in [0.2, 0.25) is 0 Å². The fourth-order valence-corrected chi connectivity index (χ4v) is 5.03. The molecule has 2 aromatic rings. The van der Waals surface area contributed by atoms with Crippen molar-refractivity contribution in [2.75, 3.05) is 33.3 Å². The van der Waals surface area contributed by atoms with E-state index in [2.05, 4.69) is 60.6 Å². The number of hydrogen-bond donors (Lipinski definition) is 2. The van der Waals surface area contributed by atoms with E-state index in [1.165, 1.54) is 16.7 Å². The van der Waals surface area contributed by atoms with Gasteiger partial charge >= 0.3 is 0 Å². The number of aliphatic hydroxyl groups is 1. The Morgan fingerprint density at radius 3 is 2.57 bits per heavy atom. The van der Waals surface area contributed by atoms with Crippen molar-refractivity contribution in [2.24, 2.45) is 0 Å². The highest BCUT2D eigenvalue weighted by molar-refractivity contribution is 5.45. The van der Waals surface area contributed by atoms with Gasteiger partial charge in [0.25, 0.3) is 0 Å². The fraction of sp³-hybridized carbons (Fsp3) is 0.500. The van der Waals surface area contributed by atoms with Gasteiger partial charge in [0.05, 0.1) is 18.8 Å². The first-order chi connectivity index (χ1) is 13.6. The van der Waals surface area contributed by atoms with Gasteiger partial charge in [0.15, 0.2) is 0 Å². The van der Waals surface area contributed by atoms with Gasteiger partial charge in [-0.1, -0.05) is 42.0 Å². The number of piperidine rings is 1. The van der Waals surface area contributed by atoms with Crippen LogP contribution in [0.1, 0.15) is 42.0 Å². The van der Waals surface area contributed by atoms with Crippen LogP contribution in [0.3, 0.4) is 0 Å². The van der Waals surface area contributed by atoms with E-state index in [9.17, 15) is 5.11 Å². The van der Waals surface area contributed by atoms with Gasteiger partial charge in [-0.2, -0.15) is 0 Å². The van der Waals surface area contributed by atoms with Crippen molar-refractivity contribution >= 4 is 0 Å². The third-order valence-electron chi connectivity index (χ3n) is 6.60. The number of likely N-dealkylation sites (N-methyl/N-ethyl adjacent to an activating group) is 1. The highest BCUT2D eigenvalue weighted by atomic mass is 16.5. The molecule has 0 amide bonds. The third-order valence-corrected chi connectivity index (χ3v) is 6.60. The first-order valence-corrected chi connectivity index (χ1v) is 10.5. The van der Waals surface area contributed by atoms with E-state index in [1.54, 1.807) is 0 Å². The number of nitrogens with zero attached hydrogens (tertiary/aromatic N) is 1. The lowest BCUT2D eigenvalue weighted by Gasteiger charge is -2.40. The lowest BCUT2D eigenvalue weighted by molar-refractivity contribution is 0.00550. The fourth-order valence-electron chi connectivity index (χ4n) is 5.03. The van der Waals surface area contributed by atoms with E-state index in [0.29, 0.717) is 6.61 Å². The Kier molecular flexibility index (Phi) is 5.72. The zero-order valence-electron chi connectivity index (χ0n) is 17.0. The van der Waals surface area contributed by atoms with Crippen molar-refractivity contribution in [1.82, 2.24) is 10.2 Å². The number of fused-ring (bicyclic) bond motifs is 2. The predicted octanol–water partition coefficient (Wildman–Crippen LogP) is 3.43. The number of hydrogen-bond acceptors (Lipinski definition) is 4. The lowest BCUT2D eigenvalue weighted by atomic mass is 9.72. The van der Waals surface area contributed by atoms with Gasteiger partial charge < -0.3 is 15.2 Å². The summed E-state index contributed by atoms with van der Waals surface area (Å²) < 4.78 is 5.88. The highest BCUT2D eigenvalue weighted by Crippen LogP contribution is 2.51. The summed E-state index contributed by atoms with van der Waals surface area (Å²) in [6.07, 6.45) is 2.60. The van der Waals surface area contributed by atoms with Gasteiger partial charge in [0, 0.05) is 12.0 Å². The van der Waals surface area contributed by atoms with E-state index in [-0.39, 0.29) is 17.6 Å². The molecule has 1 aliphatic carbocycles. The minimum Gasteiger partial charge on any atom is -0.494 e. The van der Waals surface area contributed by atoms with Crippen molar-refractivity contribution in [1.29, 1.82) is 0 Å². The van der Waals surface area contributed by atoms with Crippen LogP contribution in [0.15, 0.2) is 48.5 Å². The van der Waals surface area contributed by atoms with E-state index in [1.807, 2.05) is 12.1 Å². The Bertz CT molecular complexity index is 783. The van der Waals surface area contributed by atoms with Crippen LogP contribution >= 0.6 is 0 Å². The molecule has 1 aliphatic heterocycles. The summed E-state index contributed by atoms with van der Waals surface area (Å²) in [6.45, 7) is 5.63. The third kappa shape index (κ3) is 3.57. The molecule has 2 atom stereocenters. The Hall–Kier alpha value is -1.88. The van der Waals surface area contributed by atoms with E-state index in [0.717, 1.165) is 44.6 Å². The molecule has 2 aromatic carbocycles. The lowest BCUT2D eigenvalue weighted by Crippen LogP contribution is -2.48. The Balaban J connectivity index is 1.41. The molecule has 4 rings (SSSR count). The van der Waals surface area contributed by atoms with Crippen LogP contribution in [-0.4, -0.2) is 49.4 Å². The minimum absolute atomic E-state index is 0.0636. The maximum absolute atomic E-state index is 11.4. The number of nitrogens with one attached hydrogen (secondary N) is 1. The smallest absolute Gasteiger partial charge is 0.119 e. The highest BCUT2D eigenvalue weighted by Gasteiger charge is 2.52. The van der Waals surface area contributed by atoms with Crippen molar-refractivity contribution in [3.8, 4) is 5.75 Å².